The minimum absolute atomic E-state index is 0.192. The third-order valence-corrected chi connectivity index (χ3v) is 6.17. The van der Waals surface area contributed by atoms with Crippen molar-refractivity contribution in [1.82, 2.24) is 35.1 Å². The molecule has 0 atom stereocenters. The molecule has 0 aliphatic heterocycles. The summed E-state index contributed by atoms with van der Waals surface area (Å²) in [5, 5.41) is 24.8. The number of benzene rings is 1. The van der Waals surface area contributed by atoms with Gasteiger partial charge in [0.1, 0.15) is 11.2 Å². The van der Waals surface area contributed by atoms with Gasteiger partial charge in [-0.3, -0.25) is 25.5 Å². The number of pyridine rings is 3. The Balaban J connectivity index is 1.44. The van der Waals surface area contributed by atoms with E-state index in [1.807, 2.05) is 43.3 Å². The number of hydrogen-bond acceptors (Lipinski definition) is 7. The van der Waals surface area contributed by atoms with E-state index in [0.717, 1.165) is 44.2 Å². The van der Waals surface area contributed by atoms with E-state index in [-0.39, 0.29) is 11.4 Å². The SMILES string of the molecule is CCC(=N)C(=N)c1cncc(-c2ccc3[nH]nc(-c4nc5c(-c6cccnc6)cncc5[nH]4)c3c2)c1. The average Bonchev–Trinajstić information content (AvgIpc) is 3.56. The van der Waals surface area contributed by atoms with Crippen LogP contribution in [0.5, 0.6) is 0 Å². The first-order valence-corrected chi connectivity index (χ1v) is 11.5. The fourth-order valence-electron chi connectivity index (χ4n) is 4.24. The molecule has 5 heterocycles. The van der Waals surface area contributed by atoms with Crippen LogP contribution < -0.4 is 0 Å². The zero-order valence-corrected chi connectivity index (χ0v) is 19.4. The molecule has 9 heteroatoms. The number of hydrogen-bond donors (Lipinski definition) is 4. The second-order valence-corrected chi connectivity index (χ2v) is 8.41. The molecule has 6 aromatic rings. The molecule has 0 unspecified atom stereocenters. The fraction of sp³-hybridized carbons (Fsp3) is 0.0741. The van der Waals surface area contributed by atoms with Gasteiger partial charge in [-0.1, -0.05) is 19.1 Å². The summed E-state index contributed by atoms with van der Waals surface area (Å²) in [6.45, 7) is 1.87. The maximum atomic E-state index is 8.28. The van der Waals surface area contributed by atoms with Gasteiger partial charge in [0.2, 0.25) is 0 Å². The van der Waals surface area contributed by atoms with Crippen molar-refractivity contribution in [2.75, 3.05) is 0 Å². The van der Waals surface area contributed by atoms with Crippen LogP contribution in [0.4, 0.5) is 0 Å². The van der Waals surface area contributed by atoms with Crippen molar-refractivity contribution >= 4 is 33.4 Å². The second kappa shape index (κ2) is 8.62. The van der Waals surface area contributed by atoms with Crippen molar-refractivity contribution < 1.29 is 0 Å². The van der Waals surface area contributed by atoms with Gasteiger partial charge in [-0.25, -0.2) is 4.98 Å². The number of fused-ring (bicyclic) bond motifs is 2. The van der Waals surface area contributed by atoms with Crippen LogP contribution in [-0.2, 0) is 0 Å². The number of nitrogens with one attached hydrogen (secondary N) is 4. The molecule has 36 heavy (non-hydrogen) atoms. The molecule has 6 rings (SSSR count). The lowest BCUT2D eigenvalue weighted by molar-refractivity contribution is 1.11. The summed E-state index contributed by atoms with van der Waals surface area (Å²) in [7, 11) is 0. The summed E-state index contributed by atoms with van der Waals surface area (Å²) >= 11 is 0. The number of nitrogens with zero attached hydrogens (tertiary/aromatic N) is 5. The quantitative estimate of drug-likeness (QED) is 0.240. The van der Waals surface area contributed by atoms with Crippen LogP contribution in [-0.4, -0.2) is 46.5 Å². The van der Waals surface area contributed by atoms with Gasteiger partial charge in [-0.2, -0.15) is 5.10 Å². The molecular weight excluding hydrogens is 450 g/mol. The van der Waals surface area contributed by atoms with E-state index in [4.69, 9.17) is 15.8 Å². The molecule has 0 spiro atoms. The van der Waals surface area contributed by atoms with Crippen LogP contribution in [0.25, 0.3) is 55.7 Å². The molecule has 9 nitrogen and oxygen atoms in total. The average molecular weight is 472 g/mol. The van der Waals surface area contributed by atoms with E-state index < -0.39 is 0 Å². The molecular formula is C27H21N9. The molecule has 0 aliphatic carbocycles. The molecule has 174 valence electrons. The highest BCUT2D eigenvalue weighted by Gasteiger charge is 2.16. The Kier molecular flexibility index (Phi) is 5.15. The minimum Gasteiger partial charge on any atom is -0.335 e. The topological polar surface area (TPSA) is 144 Å². The molecule has 5 aromatic heterocycles. The van der Waals surface area contributed by atoms with Crippen molar-refractivity contribution in [3.63, 3.8) is 0 Å². The predicted molar refractivity (Wildman–Crippen MR) is 140 cm³/mol. The van der Waals surface area contributed by atoms with Gasteiger partial charge in [0.05, 0.1) is 28.7 Å². The lowest BCUT2D eigenvalue weighted by atomic mass is 10.00. The third-order valence-electron chi connectivity index (χ3n) is 6.17. The van der Waals surface area contributed by atoms with Gasteiger partial charge >= 0.3 is 0 Å². The Morgan fingerprint density at radius 2 is 1.72 bits per heavy atom. The molecule has 0 amide bonds. The van der Waals surface area contributed by atoms with E-state index in [2.05, 4.69) is 30.1 Å². The van der Waals surface area contributed by atoms with E-state index in [0.29, 0.717) is 23.5 Å². The highest BCUT2D eigenvalue weighted by Crippen LogP contribution is 2.32. The number of aromatic nitrogens is 7. The summed E-state index contributed by atoms with van der Waals surface area (Å²) in [4.78, 5) is 21.2. The van der Waals surface area contributed by atoms with E-state index >= 15 is 0 Å². The summed E-state index contributed by atoms with van der Waals surface area (Å²) in [6, 6.07) is 11.8. The highest BCUT2D eigenvalue weighted by atomic mass is 15.1. The summed E-state index contributed by atoms with van der Waals surface area (Å²) in [6.07, 6.45) is 11.0. The zero-order chi connectivity index (χ0) is 24.6. The lowest BCUT2D eigenvalue weighted by Gasteiger charge is -2.07. The molecule has 4 N–H and O–H groups in total. The summed E-state index contributed by atoms with van der Waals surface area (Å²) < 4.78 is 0. The lowest BCUT2D eigenvalue weighted by Crippen LogP contribution is -2.12. The van der Waals surface area contributed by atoms with Crippen molar-refractivity contribution in [1.29, 1.82) is 10.8 Å². The van der Waals surface area contributed by atoms with Gasteiger partial charge < -0.3 is 10.4 Å². The van der Waals surface area contributed by atoms with Gasteiger partial charge in [0, 0.05) is 58.6 Å². The molecule has 0 bridgehead atoms. The van der Waals surface area contributed by atoms with Gasteiger partial charge in [-0.15, -0.1) is 0 Å². The molecule has 0 saturated carbocycles. The normalized spacial score (nSPS) is 11.2. The van der Waals surface area contributed by atoms with Crippen molar-refractivity contribution in [3.8, 4) is 33.8 Å². The number of rotatable bonds is 6. The Morgan fingerprint density at radius 3 is 2.56 bits per heavy atom. The Labute approximate surface area is 205 Å². The summed E-state index contributed by atoms with van der Waals surface area (Å²) in [5.41, 5.74) is 7.93. The predicted octanol–water partition coefficient (Wildman–Crippen LogP) is 5.42. The number of imidazole rings is 1. The van der Waals surface area contributed by atoms with Crippen molar-refractivity contribution in [3.05, 3.63) is 79.1 Å². The molecule has 0 aliphatic rings. The fourth-order valence-corrected chi connectivity index (χ4v) is 4.24. The largest absolute Gasteiger partial charge is 0.335 e. The molecule has 1 aromatic carbocycles. The molecule has 0 saturated heterocycles. The van der Waals surface area contributed by atoms with Gasteiger partial charge in [0.25, 0.3) is 0 Å². The van der Waals surface area contributed by atoms with Crippen molar-refractivity contribution in [2.45, 2.75) is 13.3 Å². The molecule has 0 radical (unpaired) electrons. The van der Waals surface area contributed by atoms with Crippen LogP contribution in [0.2, 0.25) is 0 Å². The number of aromatic amines is 2. The monoisotopic (exact) mass is 471 g/mol. The maximum absolute atomic E-state index is 8.28. The molecule has 0 fully saturated rings. The van der Waals surface area contributed by atoms with E-state index in [1.165, 1.54) is 0 Å². The Bertz CT molecular complexity index is 1760. The van der Waals surface area contributed by atoms with Crippen LogP contribution in [0.15, 0.2) is 73.6 Å². The van der Waals surface area contributed by atoms with Gasteiger partial charge in [0.15, 0.2) is 5.82 Å². The van der Waals surface area contributed by atoms with Crippen LogP contribution in [0.1, 0.15) is 18.9 Å². The maximum Gasteiger partial charge on any atom is 0.159 e. The van der Waals surface area contributed by atoms with Crippen molar-refractivity contribution in [2.24, 2.45) is 0 Å². The first-order chi connectivity index (χ1) is 17.6. The first-order valence-electron chi connectivity index (χ1n) is 11.5. The first kappa shape index (κ1) is 21.5. The third kappa shape index (κ3) is 3.63. The zero-order valence-electron chi connectivity index (χ0n) is 19.4. The Morgan fingerprint density at radius 1 is 0.861 bits per heavy atom. The van der Waals surface area contributed by atoms with E-state index in [9.17, 15) is 0 Å². The second-order valence-electron chi connectivity index (χ2n) is 8.41. The van der Waals surface area contributed by atoms with Crippen LogP contribution in [0.3, 0.4) is 0 Å². The number of H-pyrrole nitrogens is 2. The van der Waals surface area contributed by atoms with Crippen LogP contribution in [0, 0.1) is 10.8 Å². The van der Waals surface area contributed by atoms with Crippen LogP contribution >= 0.6 is 0 Å². The summed E-state index contributed by atoms with van der Waals surface area (Å²) in [5.74, 6) is 0.636. The van der Waals surface area contributed by atoms with E-state index in [1.54, 1.807) is 37.2 Å². The smallest absolute Gasteiger partial charge is 0.159 e. The minimum atomic E-state index is 0.192. The Hall–Kier alpha value is -5.05. The van der Waals surface area contributed by atoms with Gasteiger partial charge in [-0.05, 0) is 36.2 Å². The standard InChI is InChI=1S/C27H21N9/c1-2-21(28)24(29)18-8-17(11-31-12-18)15-5-6-22-19(9-15)26(36-35-22)27-33-23-14-32-13-20(25(23)34-27)16-4-3-7-30-10-16/h3-14,28-29H,2H2,1H3,(H,33,34)(H,35,36). The highest BCUT2D eigenvalue weighted by molar-refractivity contribution is 6.46.